The minimum absolute atomic E-state index is 0.00380. The predicted molar refractivity (Wildman–Crippen MR) is 62.7 cm³/mol. The van der Waals surface area contributed by atoms with Crippen LogP contribution in [0, 0.1) is 5.82 Å². The highest BCUT2D eigenvalue weighted by Crippen LogP contribution is 2.30. The molecule has 18 heavy (non-hydrogen) atoms. The van der Waals surface area contributed by atoms with Crippen LogP contribution in [-0.2, 0) is 0 Å². The van der Waals surface area contributed by atoms with Crippen molar-refractivity contribution in [3.8, 4) is 11.5 Å². The van der Waals surface area contributed by atoms with Crippen LogP contribution < -0.4 is 9.47 Å². The van der Waals surface area contributed by atoms with Crippen molar-refractivity contribution in [1.29, 1.82) is 0 Å². The monoisotopic (exact) mass is 252 g/mol. The summed E-state index contributed by atoms with van der Waals surface area (Å²) in [5.41, 5.74) is -0.462. The molecule has 0 spiro atoms. The summed E-state index contributed by atoms with van der Waals surface area (Å²) in [6.07, 6.45) is 5.21. The molecule has 0 radical (unpaired) electrons. The van der Waals surface area contributed by atoms with Crippen molar-refractivity contribution in [1.82, 2.24) is 0 Å². The number of carbonyl (C=O) groups is 1. The van der Waals surface area contributed by atoms with E-state index in [1.807, 2.05) is 12.2 Å². The standard InChI is InChI=1S/C13H13FO4/c1-17-9-6-10(14)12(13(15)16)11(7-9)18-8-4-2-3-5-8/h2,4,6-8H,3,5H2,1H3,(H,15,16). The van der Waals surface area contributed by atoms with Crippen LogP contribution in [0.1, 0.15) is 23.2 Å². The molecule has 0 amide bonds. The van der Waals surface area contributed by atoms with Crippen molar-refractivity contribution < 1.29 is 23.8 Å². The normalized spacial score (nSPS) is 17.8. The van der Waals surface area contributed by atoms with Crippen LogP contribution >= 0.6 is 0 Å². The first-order chi connectivity index (χ1) is 8.61. The maximum atomic E-state index is 13.7. The molecule has 0 saturated carbocycles. The highest BCUT2D eigenvalue weighted by molar-refractivity contribution is 5.91. The molecule has 0 saturated heterocycles. The molecule has 0 aliphatic heterocycles. The molecule has 0 fully saturated rings. The third-order valence-electron chi connectivity index (χ3n) is 2.72. The average molecular weight is 252 g/mol. The number of rotatable bonds is 4. The van der Waals surface area contributed by atoms with E-state index in [9.17, 15) is 9.18 Å². The van der Waals surface area contributed by atoms with Gasteiger partial charge in [0.15, 0.2) is 0 Å². The van der Waals surface area contributed by atoms with Gasteiger partial charge in [0.05, 0.1) is 7.11 Å². The van der Waals surface area contributed by atoms with Gasteiger partial charge in [-0.2, -0.15) is 0 Å². The number of carboxylic acids is 1. The molecule has 1 aromatic carbocycles. The smallest absolute Gasteiger partial charge is 0.342 e. The van der Waals surface area contributed by atoms with E-state index >= 15 is 0 Å². The minimum atomic E-state index is -1.35. The zero-order chi connectivity index (χ0) is 13.1. The number of ether oxygens (including phenoxy) is 2. The molecule has 1 unspecified atom stereocenters. The Bertz CT molecular complexity index is 496. The summed E-state index contributed by atoms with van der Waals surface area (Å²) in [4.78, 5) is 11.0. The largest absolute Gasteiger partial charge is 0.497 e. The van der Waals surface area contributed by atoms with E-state index in [2.05, 4.69) is 0 Å². The summed E-state index contributed by atoms with van der Waals surface area (Å²) in [7, 11) is 1.38. The first kappa shape index (κ1) is 12.4. The van der Waals surface area contributed by atoms with Crippen LogP contribution in [0.25, 0.3) is 0 Å². The second-order valence-corrected chi connectivity index (χ2v) is 3.95. The number of allylic oxidation sites excluding steroid dienone is 1. The number of hydrogen-bond donors (Lipinski definition) is 1. The molecule has 96 valence electrons. The zero-order valence-corrected chi connectivity index (χ0v) is 9.85. The van der Waals surface area contributed by atoms with Gasteiger partial charge in [-0.05, 0) is 18.9 Å². The van der Waals surface area contributed by atoms with Crippen LogP contribution in [0.2, 0.25) is 0 Å². The quantitative estimate of drug-likeness (QED) is 0.837. The SMILES string of the molecule is COc1cc(F)c(C(=O)O)c(OC2C=CCC2)c1. The van der Waals surface area contributed by atoms with Gasteiger partial charge in [0.25, 0.3) is 0 Å². The summed E-state index contributed by atoms with van der Waals surface area (Å²) < 4.78 is 24.1. The second kappa shape index (κ2) is 5.08. The highest BCUT2D eigenvalue weighted by atomic mass is 19.1. The summed E-state index contributed by atoms with van der Waals surface area (Å²) in [6.45, 7) is 0. The fourth-order valence-electron chi connectivity index (χ4n) is 1.84. The van der Waals surface area contributed by atoms with Crippen molar-refractivity contribution in [3.63, 3.8) is 0 Å². The maximum absolute atomic E-state index is 13.7. The molecule has 5 heteroatoms. The Balaban J connectivity index is 2.38. The van der Waals surface area contributed by atoms with Gasteiger partial charge in [-0.1, -0.05) is 6.08 Å². The maximum Gasteiger partial charge on any atom is 0.342 e. The predicted octanol–water partition coefficient (Wildman–Crippen LogP) is 2.63. The van der Waals surface area contributed by atoms with Crippen LogP contribution in [0.5, 0.6) is 11.5 Å². The topological polar surface area (TPSA) is 55.8 Å². The van der Waals surface area contributed by atoms with E-state index < -0.39 is 17.3 Å². The van der Waals surface area contributed by atoms with Crippen LogP contribution in [0.3, 0.4) is 0 Å². The molecule has 4 nitrogen and oxygen atoms in total. The van der Waals surface area contributed by atoms with Crippen molar-refractivity contribution in [2.45, 2.75) is 18.9 Å². The van der Waals surface area contributed by atoms with Gasteiger partial charge in [0.1, 0.15) is 29.0 Å². The van der Waals surface area contributed by atoms with Crippen LogP contribution in [0.4, 0.5) is 4.39 Å². The summed E-state index contributed by atoms with van der Waals surface area (Å²) >= 11 is 0. The molecule has 0 heterocycles. The number of benzene rings is 1. The molecule has 1 N–H and O–H groups in total. The summed E-state index contributed by atoms with van der Waals surface area (Å²) in [6, 6.07) is 2.42. The van der Waals surface area contributed by atoms with E-state index in [0.29, 0.717) is 0 Å². The fraction of sp³-hybridized carbons (Fsp3) is 0.308. The minimum Gasteiger partial charge on any atom is -0.497 e. The summed E-state index contributed by atoms with van der Waals surface area (Å²) in [5, 5.41) is 9.01. The molecule has 0 aromatic heterocycles. The van der Waals surface area contributed by atoms with Gasteiger partial charge in [-0.3, -0.25) is 0 Å². The number of carboxylic acid groups (broad SMARTS) is 1. The lowest BCUT2D eigenvalue weighted by molar-refractivity contribution is 0.0685. The molecular weight excluding hydrogens is 239 g/mol. The Kier molecular flexibility index (Phi) is 3.50. The van der Waals surface area contributed by atoms with E-state index in [4.69, 9.17) is 14.6 Å². The molecule has 1 aliphatic carbocycles. The molecular formula is C13H13FO4. The Morgan fingerprint density at radius 3 is 2.83 bits per heavy atom. The number of aromatic carboxylic acids is 1. The third kappa shape index (κ3) is 2.45. The second-order valence-electron chi connectivity index (χ2n) is 3.95. The first-order valence-electron chi connectivity index (χ1n) is 5.56. The van der Waals surface area contributed by atoms with E-state index in [0.717, 1.165) is 18.9 Å². The molecule has 0 bridgehead atoms. The van der Waals surface area contributed by atoms with Crippen LogP contribution in [0.15, 0.2) is 24.3 Å². The molecule has 1 aliphatic rings. The van der Waals surface area contributed by atoms with Crippen molar-refractivity contribution in [3.05, 3.63) is 35.7 Å². The van der Waals surface area contributed by atoms with E-state index in [-0.39, 0.29) is 17.6 Å². The third-order valence-corrected chi connectivity index (χ3v) is 2.72. The Hall–Kier alpha value is -2.04. The van der Waals surface area contributed by atoms with Crippen molar-refractivity contribution in [2.75, 3.05) is 7.11 Å². The van der Waals surface area contributed by atoms with Gasteiger partial charge < -0.3 is 14.6 Å². The molecule has 2 rings (SSSR count). The lowest BCUT2D eigenvalue weighted by atomic mass is 10.1. The number of hydrogen-bond acceptors (Lipinski definition) is 3. The van der Waals surface area contributed by atoms with Crippen molar-refractivity contribution in [2.24, 2.45) is 0 Å². The fourth-order valence-corrected chi connectivity index (χ4v) is 1.84. The van der Waals surface area contributed by atoms with Gasteiger partial charge in [0.2, 0.25) is 0 Å². The Morgan fingerprint density at radius 1 is 1.50 bits per heavy atom. The van der Waals surface area contributed by atoms with Gasteiger partial charge >= 0.3 is 5.97 Å². The Morgan fingerprint density at radius 2 is 2.28 bits per heavy atom. The molecule has 1 aromatic rings. The van der Waals surface area contributed by atoms with Gasteiger partial charge in [-0.25, -0.2) is 9.18 Å². The van der Waals surface area contributed by atoms with Gasteiger partial charge in [-0.15, -0.1) is 0 Å². The van der Waals surface area contributed by atoms with Crippen molar-refractivity contribution >= 4 is 5.97 Å². The first-order valence-corrected chi connectivity index (χ1v) is 5.56. The van der Waals surface area contributed by atoms with Crippen LogP contribution in [-0.4, -0.2) is 24.3 Å². The zero-order valence-electron chi connectivity index (χ0n) is 9.85. The van der Waals surface area contributed by atoms with E-state index in [1.54, 1.807) is 0 Å². The van der Waals surface area contributed by atoms with Gasteiger partial charge in [0, 0.05) is 12.1 Å². The lowest BCUT2D eigenvalue weighted by Crippen LogP contribution is -2.14. The lowest BCUT2D eigenvalue weighted by Gasteiger charge is -2.15. The average Bonchev–Trinajstić information content (AvgIpc) is 2.80. The number of methoxy groups -OCH3 is 1. The van der Waals surface area contributed by atoms with E-state index in [1.165, 1.54) is 13.2 Å². The Labute approximate surface area is 104 Å². The number of halogens is 1. The summed E-state index contributed by atoms with van der Waals surface area (Å²) in [5.74, 6) is -1.99. The highest BCUT2D eigenvalue weighted by Gasteiger charge is 2.22. The molecule has 1 atom stereocenters.